The molecular weight excluding hydrogens is 444 g/mol. The molecule has 3 aliphatic rings. The molecule has 1 saturated heterocycles. The fourth-order valence-corrected chi connectivity index (χ4v) is 5.92. The highest BCUT2D eigenvalue weighted by Crippen LogP contribution is 2.37. The minimum absolute atomic E-state index is 0.0201. The second kappa shape index (κ2) is 12.4. The molecule has 7 nitrogen and oxygen atoms in total. The van der Waals surface area contributed by atoms with Crippen LogP contribution in [0.4, 0.5) is 0 Å². The Kier molecular flexibility index (Phi) is 9.31. The van der Waals surface area contributed by atoms with E-state index in [2.05, 4.69) is 10.2 Å². The fourth-order valence-electron chi connectivity index (χ4n) is 5.92. The summed E-state index contributed by atoms with van der Waals surface area (Å²) in [5, 5.41) is 25.1. The molecule has 0 bridgehead atoms. The normalized spacial score (nSPS) is 22.0. The van der Waals surface area contributed by atoms with Gasteiger partial charge in [-0.3, -0.25) is 4.79 Å². The van der Waals surface area contributed by atoms with Crippen molar-refractivity contribution in [2.75, 3.05) is 32.8 Å². The van der Waals surface area contributed by atoms with E-state index in [0.717, 1.165) is 70.0 Å². The van der Waals surface area contributed by atoms with Crippen LogP contribution in [0.3, 0.4) is 0 Å². The Hall–Kier alpha value is -1.83. The second-order valence-electron chi connectivity index (χ2n) is 10.9. The molecule has 196 valence electrons. The summed E-state index contributed by atoms with van der Waals surface area (Å²) in [7, 11) is 0. The topological polar surface area (TPSA) is 91.3 Å². The van der Waals surface area contributed by atoms with Gasteiger partial charge in [-0.2, -0.15) is 0 Å². The van der Waals surface area contributed by atoms with Gasteiger partial charge in [-0.15, -0.1) is 0 Å². The van der Waals surface area contributed by atoms with Crippen LogP contribution in [0.1, 0.15) is 89.2 Å². The van der Waals surface area contributed by atoms with Gasteiger partial charge >= 0.3 is 0 Å². The molecule has 2 heterocycles. The van der Waals surface area contributed by atoms with Gasteiger partial charge in [-0.05, 0) is 82.2 Å². The van der Waals surface area contributed by atoms with Crippen molar-refractivity contribution in [1.29, 1.82) is 0 Å². The number of hydrogen-bond donors (Lipinski definition) is 3. The minimum Gasteiger partial charge on any atom is -0.486 e. The molecule has 1 aliphatic carbocycles. The number of aliphatic hydroxyl groups excluding tert-OH is 1. The Morgan fingerprint density at radius 3 is 2.54 bits per heavy atom. The quantitative estimate of drug-likeness (QED) is 0.386. The van der Waals surface area contributed by atoms with Crippen molar-refractivity contribution >= 4 is 5.91 Å². The number of rotatable bonds is 12. The molecule has 0 aromatic heterocycles. The SMILES string of the molecule is CC(O)(CCCCCC(=O)N[C@H](CN1CCCC1)[C@H](O)c1ccc2c(c1)OCCO2)C1CCCC1. The third-order valence-electron chi connectivity index (χ3n) is 8.11. The zero-order chi connectivity index (χ0) is 24.7. The van der Waals surface area contributed by atoms with Gasteiger partial charge in [0.05, 0.1) is 11.6 Å². The first-order valence-electron chi connectivity index (χ1n) is 13.7. The highest BCUT2D eigenvalue weighted by atomic mass is 16.6. The van der Waals surface area contributed by atoms with Crippen molar-refractivity contribution in [3.05, 3.63) is 23.8 Å². The first-order valence-corrected chi connectivity index (χ1v) is 13.7. The second-order valence-corrected chi connectivity index (χ2v) is 10.9. The molecule has 1 unspecified atom stereocenters. The van der Waals surface area contributed by atoms with E-state index in [-0.39, 0.29) is 11.9 Å². The average molecular weight is 489 g/mol. The van der Waals surface area contributed by atoms with E-state index in [1.54, 1.807) is 0 Å². The van der Waals surface area contributed by atoms with E-state index in [0.29, 0.717) is 43.6 Å². The molecule has 2 fully saturated rings. The number of benzene rings is 1. The Labute approximate surface area is 210 Å². The lowest BCUT2D eigenvalue weighted by Gasteiger charge is -2.30. The number of hydrogen-bond acceptors (Lipinski definition) is 6. The number of likely N-dealkylation sites (tertiary alicyclic amines) is 1. The molecule has 0 radical (unpaired) electrons. The van der Waals surface area contributed by atoms with Crippen LogP contribution in [0.15, 0.2) is 18.2 Å². The van der Waals surface area contributed by atoms with Gasteiger partial charge in [0, 0.05) is 13.0 Å². The number of carbonyl (C=O) groups excluding carboxylic acids is 1. The van der Waals surface area contributed by atoms with Crippen molar-refractivity contribution in [3.63, 3.8) is 0 Å². The van der Waals surface area contributed by atoms with Crippen molar-refractivity contribution in [1.82, 2.24) is 10.2 Å². The van der Waals surface area contributed by atoms with E-state index in [9.17, 15) is 15.0 Å². The van der Waals surface area contributed by atoms with Gasteiger partial charge in [-0.25, -0.2) is 0 Å². The van der Waals surface area contributed by atoms with Crippen LogP contribution in [0.5, 0.6) is 11.5 Å². The van der Waals surface area contributed by atoms with Crippen LogP contribution in [0.2, 0.25) is 0 Å². The smallest absolute Gasteiger partial charge is 0.220 e. The van der Waals surface area contributed by atoms with E-state index in [4.69, 9.17) is 9.47 Å². The molecule has 35 heavy (non-hydrogen) atoms. The van der Waals surface area contributed by atoms with E-state index >= 15 is 0 Å². The molecule has 4 rings (SSSR count). The summed E-state index contributed by atoms with van der Waals surface area (Å²) in [6.07, 6.45) is 10.1. The standard InChI is InChI=1S/C28H44N2O5/c1-28(33,22-9-4-5-10-22)14-6-2-3-11-26(31)29-23(20-30-15-7-8-16-30)27(32)21-12-13-24-25(19-21)35-18-17-34-24/h12-13,19,22-23,27,32-33H,2-11,14-18,20H2,1H3,(H,29,31)/t23-,27-,28?/m1/s1. The summed E-state index contributed by atoms with van der Waals surface area (Å²) in [5.74, 6) is 1.75. The van der Waals surface area contributed by atoms with Gasteiger partial charge < -0.3 is 29.9 Å². The number of fused-ring (bicyclic) bond motifs is 1. The molecule has 0 spiro atoms. The Balaban J connectivity index is 1.27. The maximum atomic E-state index is 12.8. The molecule has 1 saturated carbocycles. The molecule has 1 aromatic carbocycles. The van der Waals surface area contributed by atoms with Gasteiger partial charge in [0.15, 0.2) is 11.5 Å². The number of nitrogens with one attached hydrogen (secondary N) is 1. The molecular formula is C28H44N2O5. The first-order chi connectivity index (χ1) is 16.9. The Morgan fingerprint density at radius 1 is 1.09 bits per heavy atom. The lowest BCUT2D eigenvalue weighted by molar-refractivity contribution is -0.123. The predicted molar refractivity (Wildman–Crippen MR) is 136 cm³/mol. The molecule has 1 amide bonds. The maximum absolute atomic E-state index is 12.8. The predicted octanol–water partition coefficient (Wildman–Crippen LogP) is 3.96. The van der Waals surface area contributed by atoms with Gasteiger partial charge in [0.25, 0.3) is 0 Å². The summed E-state index contributed by atoms with van der Waals surface area (Å²) in [5.41, 5.74) is 0.153. The highest BCUT2D eigenvalue weighted by molar-refractivity contribution is 5.76. The fraction of sp³-hybridized carbons (Fsp3) is 0.750. The van der Waals surface area contributed by atoms with E-state index < -0.39 is 11.7 Å². The lowest BCUT2D eigenvalue weighted by Crippen LogP contribution is -2.46. The third-order valence-corrected chi connectivity index (χ3v) is 8.11. The average Bonchev–Trinajstić information content (AvgIpc) is 3.58. The summed E-state index contributed by atoms with van der Waals surface area (Å²) >= 11 is 0. The van der Waals surface area contributed by atoms with Crippen LogP contribution in [0, 0.1) is 5.92 Å². The van der Waals surface area contributed by atoms with Crippen molar-refractivity contribution in [3.8, 4) is 11.5 Å². The number of unbranched alkanes of at least 4 members (excludes halogenated alkanes) is 2. The highest BCUT2D eigenvalue weighted by Gasteiger charge is 2.33. The van der Waals surface area contributed by atoms with Crippen molar-refractivity contribution < 1.29 is 24.5 Å². The third kappa shape index (κ3) is 7.34. The van der Waals surface area contributed by atoms with Crippen molar-refractivity contribution in [2.24, 2.45) is 5.92 Å². The van der Waals surface area contributed by atoms with E-state index in [1.165, 1.54) is 12.8 Å². The van der Waals surface area contributed by atoms with Gasteiger partial charge in [0.1, 0.15) is 19.3 Å². The van der Waals surface area contributed by atoms with Crippen molar-refractivity contribution in [2.45, 2.75) is 95.3 Å². The number of amides is 1. The lowest BCUT2D eigenvalue weighted by atomic mass is 9.83. The summed E-state index contributed by atoms with van der Waals surface area (Å²) in [6, 6.07) is 5.14. The summed E-state index contributed by atoms with van der Waals surface area (Å²) in [6.45, 7) is 5.64. The van der Waals surface area contributed by atoms with Gasteiger partial charge in [0.2, 0.25) is 5.91 Å². The molecule has 1 aromatic rings. The Bertz CT molecular complexity index is 818. The molecule has 3 atom stereocenters. The summed E-state index contributed by atoms with van der Waals surface area (Å²) in [4.78, 5) is 15.1. The molecule has 2 aliphatic heterocycles. The molecule has 3 N–H and O–H groups in total. The first kappa shape index (κ1) is 26.2. The molecule has 7 heteroatoms. The van der Waals surface area contributed by atoms with E-state index in [1.807, 2.05) is 25.1 Å². The van der Waals surface area contributed by atoms with Crippen LogP contribution in [-0.2, 0) is 4.79 Å². The van der Waals surface area contributed by atoms with Crippen LogP contribution in [0.25, 0.3) is 0 Å². The van der Waals surface area contributed by atoms with Crippen LogP contribution >= 0.6 is 0 Å². The maximum Gasteiger partial charge on any atom is 0.220 e. The number of carbonyl (C=O) groups is 1. The number of aliphatic hydroxyl groups is 2. The minimum atomic E-state index is -0.822. The number of ether oxygens (including phenoxy) is 2. The van der Waals surface area contributed by atoms with Crippen LogP contribution < -0.4 is 14.8 Å². The zero-order valence-electron chi connectivity index (χ0n) is 21.3. The number of nitrogens with zero attached hydrogens (tertiary/aromatic N) is 1. The van der Waals surface area contributed by atoms with Crippen LogP contribution in [-0.4, -0.2) is 65.5 Å². The Morgan fingerprint density at radius 2 is 1.80 bits per heavy atom. The monoisotopic (exact) mass is 488 g/mol. The summed E-state index contributed by atoms with van der Waals surface area (Å²) < 4.78 is 11.3. The zero-order valence-corrected chi connectivity index (χ0v) is 21.3. The largest absolute Gasteiger partial charge is 0.486 e. The van der Waals surface area contributed by atoms with Gasteiger partial charge in [-0.1, -0.05) is 31.7 Å².